The van der Waals surface area contributed by atoms with Crippen LogP contribution in [0, 0.1) is 0 Å². The number of carbonyl (C=O) groups excluding carboxylic acids is 1. The first-order chi connectivity index (χ1) is 15.4. The summed E-state index contributed by atoms with van der Waals surface area (Å²) >= 11 is 12.1. The van der Waals surface area contributed by atoms with Crippen LogP contribution in [0.3, 0.4) is 0 Å². The first-order valence-corrected chi connectivity index (χ1v) is 12.3. The monoisotopic (exact) mass is 491 g/mol. The number of ether oxygens (including phenoxy) is 1. The Morgan fingerprint density at radius 1 is 0.969 bits per heavy atom. The zero-order valence-electron chi connectivity index (χ0n) is 17.4. The molecule has 32 heavy (non-hydrogen) atoms. The van der Waals surface area contributed by atoms with Crippen LogP contribution in [0.2, 0.25) is 5.02 Å². The molecule has 8 heteroatoms. The van der Waals surface area contributed by atoms with Crippen LogP contribution in [0.15, 0.2) is 83.8 Å². The van der Waals surface area contributed by atoms with E-state index in [9.17, 15) is 13.2 Å². The van der Waals surface area contributed by atoms with E-state index in [0.717, 1.165) is 11.1 Å². The van der Waals surface area contributed by atoms with Gasteiger partial charge in [-0.05, 0) is 53.9 Å². The highest BCUT2D eigenvalue weighted by molar-refractivity contribution is 7.89. The fraction of sp³-hybridized carbons (Fsp3) is 0.208. The smallest absolute Gasteiger partial charge is 0.337 e. The van der Waals surface area contributed by atoms with Crippen molar-refractivity contribution in [3.05, 3.63) is 101 Å². The summed E-state index contributed by atoms with van der Waals surface area (Å²) in [6.07, 6.45) is 0.412. The third-order valence-electron chi connectivity index (χ3n) is 5.05. The van der Waals surface area contributed by atoms with Gasteiger partial charge in [0.25, 0.3) is 0 Å². The molecule has 0 bridgehead atoms. The molecule has 0 spiro atoms. The van der Waals surface area contributed by atoms with E-state index in [-0.39, 0.29) is 17.3 Å². The van der Waals surface area contributed by atoms with Gasteiger partial charge in [-0.25, -0.2) is 13.2 Å². The fourth-order valence-electron chi connectivity index (χ4n) is 3.40. The summed E-state index contributed by atoms with van der Waals surface area (Å²) in [7, 11) is -2.55. The first-order valence-electron chi connectivity index (χ1n) is 9.92. The normalized spacial score (nSPS) is 12.5. The minimum absolute atomic E-state index is 0.100. The molecule has 0 aliphatic rings. The minimum atomic E-state index is -3.86. The lowest BCUT2D eigenvalue weighted by atomic mass is 10.0. The van der Waals surface area contributed by atoms with Crippen molar-refractivity contribution in [2.75, 3.05) is 13.0 Å². The van der Waals surface area contributed by atoms with Crippen LogP contribution in [0.4, 0.5) is 0 Å². The van der Waals surface area contributed by atoms with E-state index in [1.807, 2.05) is 12.1 Å². The van der Waals surface area contributed by atoms with Gasteiger partial charge in [0.2, 0.25) is 10.0 Å². The molecule has 0 radical (unpaired) electrons. The summed E-state index contributed by atoms with van der Waals surface area (Å²) in [6, 6.07) is 21.6. The maximum atomic E-state index is 13.7. The number of benzene rings is 3. The number of methoxy groups -OCH3 is 1. The van der Waals surface area contributed by atoms with Gasteiger partial charge in [-0.3, -0.25) is 0 Å². The summed E-state index contributed by atoms with van der Waals surface area (Å²) in [4.78, 5) is 11.9. The summed E-state index contributed by atoms with van der Waals surface area (Å²) in [5, 5.41) is 0.564. The number of esters is 1. The second-order valence-electron chi connectivity index (χ2n) is 7.10. The number of hydrogen-bond donors (Lipinski definition) is 0. The van der Waals surface area contributed by atoms with Crippen molar-refractivity contribution < 1.29 is 17.9 Å². The molecule has 0 heterocycles. The zero-order valence-corrected chi connectivity index (χ0v) is 19.8. The van der Waals surface area contributed by atoms with Crippen molar-refractivity contribution >= 4 is 39.2 Å². The van der Waals surface area contributed by atoms with Crippen molar-refractivity contribution in [3.63, 3.8) is 0 Å². The van der Waals surface area contributed by atoms with Gasteiger partial charge in [0.15, 0.2) is 0 Å². The van der Waals surface area contributed by atoms with Crippen molar-refractivity contribution in [3.8, 4) is 0 Å². The van der Waals surface area contributed by atoms with Gasteiger partial charge in [-0.2, -0.15) is 4.31 Å². The van der Waals surface area contributed by atoms with Gasteiger partial charge in [-0.1, -0.05) is 54.1 Å². The van der Waals surface area contributed by atoms with Crippen LogP contribution in [0.5, 0.6) is 0 Å². The molecule has 0 saturated heterocycles. The number of hydrogen-bond acceptors (Lipinski definition) is 4. The van der Waals surface area contributed by atoms with Crippen LogP contribution >= 0.6 is 23.2 Å². The van der Waals surface area contributed by atoms with Crippen LogP contribution in [-0.2, 0) is 21.3 Å². The average molecular weight is 492 g/mol. The second-order valence-corrected chi connectivity index (χ2v) is 9.80. The molecule has 0 saturated carbocycles. The molecule has 0 unspecified atom stereocenters. The van der Waals surface area contributed by atoms with Crippen LogP contribution in [0.25, 0.3) is 0 Å². The topological polar surface area (TPSA) is 63.7 Å². The summed E-state index contributed by atoms with van der Waals surface area (Å²) in [5.41, 5.74) is 1.91. The molecule has 3 rings (SSSR count). The molecule has 0 aliphatic heterocycles. The fourth-order valence-corrected chi connectivity index (χ4v) is 5.39. The third kappa shape index (κ3) is 5.70. The van der Waals surface area contributed by atoms with Crippen LogP contribution in [0.1, 0.15) is 33.9 Å². The maximum absolute atomic E-state index is 13.7. The molecule has 168 valence electrons. The van der Waals surface area contributed by atoms with Crippen molar-refractivity contribution in [2.45, 2.75) is 23.9 Å². The lowest BCUT2D eigenvalue weighted by molar-refractivity contribution is 0.0600. The molecule has 0 amide bonds. The predicted molar refractivity (Wildman–Crippen MR) is 126 cm³/mol. The van der Waals surface area contributed by atoms with Gasteiger partial charge >= 0.3 is 5.97 Å². The maximum Gasteiger partial charge on any atom is 0.337 e. The number of halogens is 2. The van der Waals surface area contributed by atoms with Crippen molar-refractivity contribution in [1.29, 1.82) is 0 Å². The Bertz CT molecular complexity index is 1130. The van der Waals surface area contributed by atoms with E-state index >= 15 is 0 Å². The molecule has 5 nitrogen and oxygen atoms in total. The summed E-state index contributed by atoms with van der Waals surface area (Å²) in [6.45, 7) is 0.100. The summed E-state index contributed by atoms with van der Waals surface area (Å²) < 4.78 is 33.6. The standard InChI is InChI=1S/C24H23Cl2NO4S/c1-31-24(28)20-9-7-18(8-10-20)17-27(32(29,30)22-5-3-2-4-6-22)23(15-16-25)19-11-13-21(26)14-12-19/h2-14,23H,15-17H2,1H3/t23-/m0/s1. The molecule has 0 fully saturated rings. The Morgan fingerprint density at radius 2 is 1.59 bits per heavy atom. The number of nitrogens with zero attached hydrogens (tertiary/aromatic N) is 1. The molecule has 1 atom stereocenters. The second kappa shape index (κ2) is 11.0. The first kappa shape index (κ1) is 24.3. The molecular weight excluding hydrogens is 469 g/mol. The lowest BCUT2D eigenvalue weighted by Gasteiger charge is -2.31. The van der Waals surface area contributed by atoms with Gasteiger partial charge in [0.05, 0.1) is 23.6 Å². The number of carbonyl (C=O) groups is 1. The Morgan fingerprint density at radius 3 is 2.16 bits per heavy atom. The summed E-state index contributed by atoms with van der Waals surface area (Å²) in [5.74, 6) is -0.179. The van der Waals surface area contributed by atoms with Gasteiger partial charge < -0.3 is 4.74 Å². The predicted octanol–water partition coefficient (Wildman–Crippen LogP) is 5.69. The van der Waals surface area contributed by atoms with Gasteiger partial charge in [-0.15, -0.1) is 11.6 Å². The molecule has 3 aromatic carbocycles. The quantitative estimate of drug-likeness (QED) is 0.285. The highest BCUT2D eigenvalue weighted by Crippen LogP contribution is 2.33. The molecule has 3 aromatic rings. The number of rotatable bonds is 9. The molecule has 0 aliphatic carbocycles. The van der Waals surface area contributed by atoms with Crippen molar-refractivity contribution in [2.24, 2.45) is 0 Å². The van der Waals surface area contributed by atoms with Gasteiger partial charge in [0, 0.05) is 17.4 Å². The van der Waals surface area contributed by atoms with E-state index in [2.05, 4.69) is 0 Å². The number of sulfonamides is 1. The minimum Gasteiger partial charge on any atom is -0.465 e. The highest BCUT2D eigenvalue weighted by Gasteiger charge is 2.32. The largest absolute Gasteiger partial charge is 0.465 e. The van der Waals surface area contributed by atoms with E-state index < -0.39 is 22.0 Å². The van der Waals surface area contributed by atoms with Gasteiger partial charge in [0.1, 0.15) is 0 Å². The van der Waals surface area contributed by atoms with E-state index in [1.165, 1.54) is 11.4 Å². The molecule has 0 N–H and O–H groups in total. The van der Waals surface area contributed by atoms with E-state index in [0.29, 0.717) is 17.0 Å². The Balaban J connectivity index is 2.05. The Labute approximate surface area is 198 Å². The van der Waals surface area contributed by atoms with Crippen molar-refractivity contribution in [1.82, 2.24) is 4.31 Å². The van der Waals surface area contributed by atoms with E-state index in [4.69, 9.17) is 27.9 Å². The Kier molecular flexibility index (Phi) is 8.32. The lowest BCUT2D eigenvalue weighted by Crippen LogP contribution is -2.35. The van der Waals surface area contributed by atoms with Crippen LogP contribution < -0.4 is 0 Å². The third-order valence-corrected chi connectivity index (χ3v) is 7.39. The van der Waals surface area contributed by atoms with E-state index in [1.54, 1.807) is 66.7 Å². The number of alkyl halides is 1. The molecule has 0 aromatic heterocycles. The van der Waals surface area contributed by atoms with Crippen LogP contribution in [-0.4, -0.2) is 31.7 Å². The highest BCUT2D eigenvalue weighted by atomic mass is 35.5. The Hall–Kier alpha value is -2.38. The zero-order chi connectivity index (χ0) is 23.1. The average Bonchev–Trinajstić information content (AvgIpc) is 2.82. The SMILES string of the molecule is COC(=O)c1ccc(CN([C@@H](CCCl)c2ccc(Cl)cc2)S(=O)(=O)c2ccccc2)cc1. The molecular formula is C24H23Cl2NO4S.